The van der Waals surface area contributed by atoms with Crippen LogP contribution in [-0.2, 0) is 4.74 Å². The van der Waals surface area contributed by atoms with Gasteiger partial charge in [-0.3, -0.25) is 0 Å². The van der Waals surface area contributed by atoms with Gasteiger partial charge in [0.25, 0.3) is 0 Å². The van der Waals surface area contributed by atoms with Gasteiger partial charge < -0.3 is 10.1 Å². The normalized spacial score (nSPS) is 23.9. The van der Waals surface area contributed by atoms with Crippen molar-refractivity contribution in [2.45, 2.75) is 25.9 Å². The van der Waals surface area contributed by atoms with Gasteiger partial charge in [-0.15, -0.1) is 10.2 Å². The van der Waals surface area contributed by atoms with E-state index >= 15 is 0 Å². The van der Waals surface area contributed by atoms with E-state index in [2.05, 4.69) is 27.4 Å². The highest BCUT2D eigenvalue weighted by Gasteiger charge is 2.26. The quantitative estimate of drug-likeness (QED) is 0.915. The fraction of sp³-hybridized carbons (Fsp3) is 0.700. The van der Waals surface area contributed by atoms with E-state index in [1.54, 1.807) is 0 Å². The van der Waals surface area contributed by atoms with Crippen molar-refractivity contribution in [1.82, 2.24) is 15.2 Å². The summed E-state index contributed by atoms with van der Waals surface area (Å²) in [5.41, 5.74) is 0. The molecule has 0 bridgehead atoms. The summed E-state index contributed by atoms with van der Waals surface area (Å²) in [6, 6.07) is 0. The lowest BCUT2D eigenvalue weighted by atomic mass is 10.00. The maximum Gasteiger partial charge on any atom is 0.245 e. The van der Waals surface area contributed by atoms with E-state index in [0.29, 0.717) is 17.8 Å². The van der Waals surface area contributed by atoms with Gasteiger partial charge in [-0.25, -0.2) is 0 Å². The van der Waals surface area contributed by atoms with Gasteiger partial charge >= 0.3 is 0 Å². The summed E-state index contributed by atoms with van der Waals surface area (Å²) >= 11 is 11.5. The third kappa shape index (κ3) is 3.18. The summed E-state index contributed by atoms with van der Waals surface area (Å²) in [6.07, 6.45) is 2.38. The summed E-state index contributed by atoms with van der Waals surface area (Å²) in [7, 11) is 0. The summed E-state index contributed by atoms with van der Waals surface area (Å²) in [4.78, 5) is 3.99. The topological polar surface area (TPSA) is 59.9 Å². The third-order valence-corrected chi connectivity index (χ3v) is 3.31. The van der Waals surface area contributed by atoms with Crippen LogP contribution >= 0.6 is 23.2 Å². The first-order chi connectivity index (χ1) is 8.20. The summed E-state index contributed by atoms with van der Waals surface area (Å²) in [5.74, 6) is 0.957. The van der Waals surface area contributed by atoms with Crippen molar-refractivity contribution in [3.8, 4) is 0 Å². The Morgan fingerprint density at radius 2 is 2.24 bits per heavy atom. The number of aromatic nitrogens is 3. The van der Waals surface area contributed by atoms with Crippen LogP contribution in [0.25, 0.3) is 0 Å². The van der Waals surface area contributed by atoms with E-state index < -0.39 is 0 Å². The minimum atomic E-state index is 0.0895. The lowest BCUT2D eigenvalue weighted by Gasteiger charge is -2.17. The maximum absolute atomic E-state index is 5.86. The highest BCUT2D eigenvalue weighted by atomic mass is 35.5. The minimum absolute atomic E-state index is 0.0895. The molecule has 0 amide bonds. The second-order valence-corrected chi connectivity index (χ2v) is 4.66. The summed E-state index contributed by atoms with van der Waals surface area (Å²) in [6.45, 7) is 3.70. The Balaban J connectivity index is 1.95. The zero-order valence-corrected chi connectivity index (χ0v) is 11.0. The molecule has 1 fully saturated rings. The maximum atomic E-state index is 5.86. The second-order valence-electron chi connectivity index (χ2n) is 3.97. The number of anilines is 1. The molecular weight excluding hydrogens is 263 g/mol. The number of halogens is 2. The number of ether oxygens (including phenoxy) is 1. The first-order valence-electron chi connectivity index (χ1n) is 5.62. The molecule has 0 saturated carbocycles. The van der Waals surface area contributed by atoms with E-state index in [4.69, 9.17) is 27.9 Å². The molecule has 0 aliphatic carbocycles. The Labute approximate surface area is 110 Å². The van der Waals surface area contributed by atoms with Crippen LogP contribution in [0.5, 0.6) is 0 Å². The molecule has 2 unspecified atom stereocenters. The monoisotopic (exact) mass is 276 g/mol. The standard InChI is InChI=1S/C10H14Cl2N4O/c1-2-7-6(3-4-17-7)5-13-9-8(11)15-16-10(12)14-9/h6-7H,2-5H2,1H3,(H,13,14,16). The van der Waals surface area contributed by atoms with Gasteiger partial charge in [0.1, 0.15) is 0 Å². The van der Waals surface area contributed by atoms with Crippen LogP contribution in [0.1, 0.15) is 19.8 Å². The van der Waals surface area contributed by atoms with Gasteiger partial charge in [-0.05, 0) is 24.4 Å². The Kier molecular flexibility index (Phi) is 4.36. The largest absolute Gasteiger partial charge is 0.378 e. The molecule has 7 heteroatoms. The van der Waals surface area contributed by atoms with Gasteiger partial charge in [-0.2, -0.15) is 4.98 Å². The van der Waals surface area contributed by atoms with Gasteiger partial charge in [0.05, 0.1) is 6.10 Å². The van der Waals surface area contributed by atoms with Crippen LogP contribution in [0.15, 0.2) is 0 Å². The smallest absolute Gasteiger partial charge is 0.245 e. The number of nitrogens with one attached hydrogen (secondary N) is 1. The van der Waals surface area contributed by atoms with E-state index in [9.17, 15) is 0 Å². The second kappa shape index (κ2) is 5.80. The van der Waals surface area contributed by atoms with E-state index in [0.717, 1.165) is 26.0 Å². The zero-order chi connectivity index (χ0) is 12.3. The molecule has 1 N–H and O–H groups in total. The first-order valence-corrected chi connectivity index (χ1v) is 6.37. The van der Waals surface area contributed by atoms with E-state index in [1.807, 2.05) is 0 Å². The fourth-order valence-corrected chi connectivity index (χ4v) is 2.28. The predicted molar refractivity (Wildman–Crippen MR) is 66.5 cm³/mol. The number of rotatable bonds is 4. The molecule has 1 aliphatic rings. The molecule has 2 atom stereocenters. The zero-order valence-electron chi connectivity index (χ0n) is 9.49. The first kappa shape index (κ1) is 12.8. The van der Waals surface area contributed by atoms with Gasteiger partial charge in [0, 0.05) is 19.1 Å². The van der Waals surface area contributed by atoms with Crippen molar-refractivity contribution in [2.75, 3.05) is 18.5 Å². The SMILES string of the molecule is CCC1OCCC1CNc1nc(Cl)nnc1Cl. The average molecular weight is 277 g/mol. The lowest BCUT2D eigenvalue weighted by Crippen LogP contribution is -2.23. The summed E-state index contributed by atoms with van der Waals surface area (Å²) < 4.78 is 5.61. The molecule has 1 saturated heterocycles. The van der Waals surface area contributed by atoms with Gasteiger partial charge in [0.2, 0.25) is 5.28 Å². The van der Waals surface area contributed by atoms with Crippen molar-refractivity contribution in [1.29, 1.82) is 0 Å². The van der Waals surface area contributed by atoms with Crippen LogP contribution < -0.4 is 5.32 Å². The van der Waals surface area contributed by atoms with Crippen LogP contribution in [0.4, 0.5) is 5.82 Å². The van der Waals surface area contributed by atoms with Crippen molar-refractivity contribution in [2.24, 2.45) is 5.92 Å². The molecule has 1 aliphatic heterocycles. The van der Waals surface area contributed by atoms with Gasteiger partial charge in [-0.1, -0.05) is 18.5 Å². The van der Waals surface area contributed by atoms with Gasteiger partial charge in [0.15, 0.2) is 11.0 Å². The lowest BCUT2D eigenvalue weighted by molar-refractivity contribution is 0.0900. The molecule has 5 nitrogen and oxygen atoms in total. The van der Waals surface area contributed by atoms with E-state index in [1.165, 1.54) is 0 Å². The molecule has 94 valence electrons. The molecule has 0 radical (unpaired) electrons. The number of hydrogen-bond donors (Lipinski definition) is 1. The molecule has 2 rings (SSSR count). The Morgan fingerprint density at radius 1 is 1.41 bits per heavy atom. The fourth-order valence-electron chi connectivity index (χ4n) is 2.01. The molecule has 0 aromatic carbocycles. The van der Waals surface area contributed by atoms with Crippen molar-refractivity contribution >= 4 is 29.0 Å². The molecular formula is C10H14Cl2N4O. The molecule has 0 spiro atoms. The summed E-state index contributed by atoms with van der Waals surface area (Å²) in [5, 5.41) is 10.7. The van der Waals surface area contributed by atoms with Crippen LogP contribution in [0.2, 0.25) is 10.4 Å². The van der Waals surface area contributed by atoms with Crippen molar-refractivity contribution < 1.29 is 4.74 Å². The van der Waals surface area contributed by atoms with Crippen molar-refractivity contribution in [3.63, 3.8) is 0 Å². The Bertz CT molecular complexity index is 391. The van der Waals surface area contributed by atoms with Crippen molar-refractivity contribution in [3.05, 3.63) is 10.4 Å². The minimum Gasteiger partial charge on any atom is -0.378 e. The highest BCUT2D eigenvalue weighted by Crippen LogP contribution is 2.24. The molecule has 1 aromatic heterocycles. The van der Waals surface area contributed by atoms with Crippen LogP contribution in [0.3, 0.4) is 0 Å². The Hall–Kier alpha value is -0.650. The third-order valence-electron chi connectivity index (χ3n) is 2.90. The van der Waals surface area contributed by atoms with Crippen LogP contribution in [0, 0.1) is 5.92 Å². The molecule has 17 heavy (non-hydrogen) atoms. The van der Waals surface area contributed by atoms with E-state index in [-0.39, 0.29) is 10.4 Å². The highest BCUT2D eigenvalue weighted by molar-refractivity contribution is 6.32. The molecule has 1 aromatic rings. The Morgan fingerprint density at radius 3 is 3.00 bits per heavy atom. The predicted octanol–water partition coefficient (Wildman–Crippen LogP) is 2.41. The van der Waals surface area contributed by atoms with Crippen LogP contribution in [-0.4, -0.2) is 34.4 Å². The molecule has 2 heterocycles. The number of nitrogens with zero attached hydrogens (tertiary/aromatic N) is 3. The number of hydrogen-bond acceptors (Lipinski definition) is 5. The average Bonchev–Trinajstić information content (AvgIpc) is 2.77.